The molecule has 0 radical (unpaired) electrons. The number of anilines is 1. The summed E-state index contributed by atoms with van der Waals surface area (Å²) in [7, 11) is 1.62. The number of amides is 1. The van der Waals surface area contributed by atoms with Crippen LogP contribution in [0.3, 0.4) is 0 Å². The number of carbonyl (C=O) groups is 1. The quantitative estimate of drug-likeness (QED) is 0.363. The van der Waals surface area contributed by atoms with Gasteiger partial charge in [-0.3, -0.25) is 9.59 Å². The van der Waals surface area contributed by atoms with Crippen LogP contribution in [0.2, 0.25) is 0 Å². The minimum absolute atomic E-state index is 0.173. The van der Waals surface area contributed by atoms with Crippen molar-refractivity contribution in [2.75, 3.05) is 12.4 Å². The SMILES string of the molecule is COc1ccc(Cc2cc(Cc3ccccc3)nn(CC(=O)Nc3ccc(Br)cc3)c2=O)cc1. The second-order valence-corrected chi connectivity index (χ2v) is 8.78. The van der Waals surface area contributed by atoms with E-state index < -0.39 is 0 Å². The summed E-state index contributed by atoms with van der Waals surface area (Å²) in [5, 5.41) is 7.33. The van der Waals surface area contributed by atoms with Gasteiger partial charge in [-0.05, 0) is 53.6 Å². The number of methoxy groups -OCH3 is 1. The van der Waals surface area contributed by atoms with Crippen molar-refractivity contribution in [3.05, 3.63) is 122 Å². The first-order chi connectivity index (χ1) is 16.5. The molecule has 0 atom stereocenters. The van der Waals surface area contributed by atoms with Gasteiger partial charge < -0.3 is 10.1 Å². The Morgan fingerprint density at radius 3 is 2.29 bits per heavy atom. The molecular formula is C27H24BrN3O3. The van der Waals surface area contributed by atoms with E-state index in [9.17, 15) is 9.59 Å². The first-order valence-corrected chi connectivity index (χ1v) is 11.6. The van der Waals surface area contributed by atoms with Crippen LogP contribution in [-0.2, 0) is 24.2 Å². The first-order valence-electron chi connectivity index (χ1n) is 10.8. The summed E-state index contributed by atoms with van der Waals surface area (Å²) in [4.78, 5) is 25.9. The number of hydrogen-bond acceptors (Lipinski definition) is 4. The van der Waals surface area contributed by atoms with E-state index in [1.807, 2.05) is 72.8 Å². The van der Waals surface area contributed by atoms with E-state index in [2.05, 4.69) is 26.3 Å². The van der Waals surface area contributed by atoms with Gasteiger partial charge in [0.25, 0.3) is 5.56 Å². The van der Waals surface area contributed by atoms with Crippen LogP contribution < -0.4 is 15.6 Å². The molecule has 0 saturated carbocycles. The number of hydrogen-bond donors (Lipinski definition) is 1. The Bertz CT molecular complexity index is 1320. The minimum atomic E-state index is -0.316. The summed E-state index contributed by atoms with van der Waals surface area (Å²) in [6.45, 7) is -0.173. The number of nitrogens with one attached hydrogen (secondary N) is 1. The second-order valence-electron chi connectivity index (χ2n) is 7.87. The monoisotopic (exact) mass is 517 g/mol. The molecule has 0 aliphatic rings. The second kappa shape index (κ2) is 10.9. The van der Waals surface area contributed by atoms with Gasteiger partial charge in [0.15, 0.2) is 0 Å². The molecule has 0 aliphatic heterocycles. The Kier molecular flexibility index (Phi) is 7.54. The zero-order valence-electron chi connectivity index (χ0n) is 18.7. The molecule has 0 unspecified atom stereocenters. The normalized spacial score (nSPS) is 10.6. The van der Waals surface area contributed by atoms with Crippen LogP contribution in [0, 0.1) is 0 Å². The van der Waals surface area contributed by atoms with Gasteiger partial charge in [0.2, 0.25) is 5.91 Å². The highest BCUT2D eigenvalue weighted by Gasteiger charge is 2.13. The highest BCUT2D eigenvalue weighted by Crippen LogP contribution is 2.16. The number of rotatable bonds is 8. The number of ether oxygens (including phenoxy) is 1. The van der Waals surface area contributed by atoms with E-state index in [0.717, 1.165) is 27.0 Å². The van der Waals surface area contributed by atoms with Crippen molar-refractivity contribution in [2.24, 2.45) is 0 Å². The largest absolute Gasteiger partial charge is 0.497 e. The number of nitrogens with zero attached hydrogens (tertiary/aromatic N) is 2. The molecule has 1 amide bonds. The number of benzene rings is 3. The molecule has 0 bridgehead atoms. The Morgan fingerprint density at radius 2 is 1.62 bits per heavy atom. The van der Waals surface area contributed by atoms with Crippen molar-refractivity contribution in [1.82, 2.24) is 9.78 Å². The van der Waals surface area contributed by atoms with Crippen LogP contribution in [0.4, 0.5) is 5.69 Å². The highest BCUT2D eigenvalue weighted by molar-refractivity contribution is 9.10. The lowest BCUT2D eigenvalue weighted by Crippen LogP contribution is -2.32. The molecule has 0 saturated heterocycles. The van der Waals surface area contributed by atoms with E-state index in [1.54, 1.807) is 19.2 Å². The minimum Gasteiger partial charge on any atom is -0.497 e. The van der Waals surface area contributed by atoms with Gasteiger partial charge in [-0.15, -0.1) is 0 Å². The highest BCUT2D eigenvalue weighted by atomic mass is 79.9. The predicted octanol–water partition coefficient (Wildman–Crippen LogP) is 4.83. The molecule has 172 valence electrons. The van der Waals surface area contributed by atoms with Crippen LogP contribution in [0.15, 0.2) is 94.2 Å². The maximum atomic E-state index is 13.2. The average Bonchev–Trinajstić information content (AvgIpc) is 2.84. The zero-order chi connectivity index (χ0) is 23.9. The molecule has 34 heavy (non-hydrogen) atoms. The van der Waals surface area contributed by atoms with E-state index in [-0.39, 0.29) is 18.0 Å². The molecule has 0 aliphatic carbocycles. The molecule has 3 aromatic carbocycles. The van der Waals surface area contributed by atoms with Gasteiger partial charge in [0, 0.05) is 28.6 Å². The van der Waals surface area contributed by atoms with E-state index >= 15 is 0 Å². The average molecular weight is 518 g/mol. The molecule has 6 nitrogen and oxygen atoms in total. The summed E-state index contributed by atoms with van der Waals surface area (Å²) >= 11 is 3.38. The van der Waals surface area contributed by atoms with Gasteiger partial charge in [-0.1, -0.05) is 58.4 Å². The maximum Gasteiger partial charge on any atom is 0.270 e. The fourth-order valence-electron chi connectivity index (χ4n) is 3.62. The Morgan fingerprint density at radius 1 is 0.941 bits per heavy atom. The number of halogens is 1. The Hall–Kier alpha value is -3.71. The molecule has 0 fully saturated rings. The number of aromatic nitrogens is 2. The third-order valence-corrected chi connectivity index (χ3v) is 5.83. The van der Waals surface area contributed by atoms with Gasteiger partial charge in [0.05, 0.1) is 12.8 Å². The fourth-order valence-corrected chi connectivity index (χ4v) is 3.88. The van der Waals surface area contributed by atoms with Crippen molar-refractivity contribution in [3.63, 3.8) is 0 Å². The van der Waals surface area contributed by atoms with E-state index in [1.165, 1.54) is 4.68 Å². The number of carbonyl (C=O) groups excluding carboxylic acids is 1. The summed E-state index contributed by atoms with van der Waals surface area (Å²) in [6, 6.07) is 26.6. The molecular weight excluding hydrogens is 494 g/mol. The zero-order valence-corrected chi connectivity index (χ0v) is 20.3. The van der Waals surface area contributed by atoms with Gasteiger partial charge in [-0.2, -0.15) is 5.10 Å². The van der Waals surface area contributed by atoms with Crippen LogP contribution in [0.1, 0.15) is 22.4 Å². The van der Waals surface area contributed by atoms with Crippen molar-refractivity contribution in [3.8, 4) is 5.75 Å². The lowest BCUT2D eigenvalue weighted by Gasteiger charge is -2.12. The molecule has 1 aromatic heterocycles. The van der Waals surface area contributed by atoms with Gasteiger partial charge >= 0.3 is 0 Å². The lowest BCUT2D eigenvalue weighted by atomic mass is 10.0. The van der Waals surface area contributed by atoms with Crippen LogP contribution in [0.25, 0.3) is 0 Å². The van der Waals surface area contributed by atoms with Crippen LogP contribution in [-0.4, -0.2) is 22.8 Å². The smallest absolute Gasteiger partial charge is 0.270 e. The Labute approximate surface area is 206 Å². The standard InChI is InChI=1S/C27H24BrN3O3/c1-34-25-13-7-20(8-14-25)15-21-17-24(16-19-5-3-2-4-6-19)30-31(27(21)33)18-26(32)29-23-11-9-22(28)10-12-23/h2-14,17H,15-16,18H2,1H3,(H,29,32). The van der Waals surface area contributed by atoms with Crippen molar-refractivity contribution in [1.29, 1.82) is 0 Å². The summed E-state index contributed by atoms with van der Waals surface area (Å²) in [6.07, 6.45) is 0.993. The summed E-state index contributed by atoms with van der Waals surface area (Å²) in [5.41, 5.74) is 3.74. The van der Waals surface area contributed by atoms with Gasteiger partial charge in [-0.25, -0.2) is 4.68 Å². The van der Waals surface area contributed by atoms with Crippen molar-refractivity contribution in [2.45, 2.75) is 19.4 Å². The predicted molar refractivity (Wildman–Crippen MR) is 136 cm³/mol. The van der Waals surface area contributed by atoms with Crippen LogP contribution >= 0.6 is 15.9 Å². The third-order valence-electron chi connectivity index (χ3n) is 5.30. The molecule has 4 rings (SSSR count). The topological polar surface area (TPSA) is 73.2 Å². The van der Waals surface area contributed by atoms with Crippen molar-refractivity contribution >= 4 is 27.5 Å². The van der Waals surface area contributed by atoms with Gasteiger partial charge in [0.1, 0.15) is 12.3 Å². The maximum absolute atomic E-state index is 13.2. The molecule has 7 heteroatoms. The fraction of sp³-hybridized carbons (Fsp3) is 0.148. The van der Waals surface area contributed by atoms with E-state index in [0.29, 0.717) is 24.1 Å². The molecule has 1 heterocycles. The van der Waals surface area contributed by atoms with Crippen LogP contribution in [0.5, 0.6) is 5.75 Å². The molecule has 4 aromatic rings. The first kappa shape index (κ1) is 23.4. The van der Waals surface area contributed by atoms with E-state index in [4.69, 9.17) is 4.74 Å². The molecule has 0 spiro atoms. The molecule has 1 N–H and O–H groups in total. The van der Waals surface area contributed by atoms with Crippen molar-refractivity contribution < 1.29 is 9.53 Å². The summed E-state index contributed by atoms with van der Waals surface area (Å²) < 4.78 is 7.40. The third kappa shape index (κ3) is 6.20. The summed E-state index contributed by atoms with van der Waals surface area (Å²) in [5.74, 6) is 0.439. The Balaban J connectivity index is 1.62. The lowest BCUT2D eigenvalue weighted by molar-refractivity contribution is -0.117.